The van der Waals surface area contributed by atoms with Crippen molar-refractivity contribution in [1.82, 2.24) is 15.1 Å². The van der Waals surface area contributed by atoms with Crippen LogP contribution in [0.25, 0.3) is 11.1 Å². The average Bonchev–Trinajstić information content (AvgIpc) is 3.43. The van der Waals surface area contributed by atoms with E-state index in [1.165, 1.54) is 6.07 Å². The monoisotopic (exact) mass is 600 g/mol. The van der Waals surface area contributed by atoms with Gasteiger partial charge >= 0.3 is 12.4 Å². The second kappa shape index (κ2) is 11.4. The van der Waals surface area contributed by atoms with E-state index < -0.39 is 41.4 Å². The molecule has 0 bridgehead atoms. The average molecular weight is 601 g/mol. The number of amides is 1. The van der Waals surface area contributed by atoms with E-state index in [0.717, 1.165) is 23.0 Å². The van der Waals surface area contributed by atoms with Gasteiger partial charge in [0, 0.05) is 6.42 Å². The summed E-state index contributed by atoms with van der Waals surface area (Å²) in [5, 5.41) is 10.1. The van der Waals surface area contributed by atoms with Gasteiger partial charge in [0.05, 0.1) is 23.3 Å². The van der Waals surface area contributed by atoms with Crippen molar-refractivity contribution in [3.63, 3.8) is 0 Å². The van der Waals surface area contributed by atoms with Gasteiger partial charge in [-0.05, 0) is 53.3 Å². The number of hydrogen-bond acceptors (Lipinski definition) is 3. The van der Waals surface area contributed by atoms with E-state index in [4.69, 9.17) is 0 Å². The Morgan fingerprint density at radius 1 is 0.884 bits per heavy atom. The second-order valence-electron chi connectivity index (χ2n) is 10.7. The number of fused-ring (bicyclic) bond motifs is 1. The third kappa shape index (κ3) is 5.98. The lowest BCUT2D eigenvalue weighted by Crippen LogP contribution is -2.45. The molecule has 5 rings (SSSR count). The van der Waals surface area contributed by atoms with Crippen molar-refractivity contribution in [3.05, 3.63) is 107 Å². The number of nitrogens with zero attached hydrogens (tertiary/aromatic N) is 2. The van der Waals surface area contributed by atoms with Crippen LogP contribution in [0, 0.1) is 0 Å². The van der Waals surface area contributed by atoms with Gasteiger partial charge in [0.15, 0.2) is 6.04 Å². The quantitative estimate of drug-likeness (QED) is 0.209. The van der Waals surface area contributed by atoms with Gasteiger partial charge in [-0.1, -0.05) is 74.5 Å². The largest absolute Gasteiger partial charge is 0.416 e. The summed E-state index contributed by atoms with van der Waals surface area (Å²) in [5.41, 5.74) is 0.446. The molecule has 0 fully saturated rings. The summed E-state index contributed by atoms with van der Waals surface area (Å²) in [6.07, 6.45) is -7.42. The Kier molecular flexibility index (Phi) is 8.02. The van der Waals surface area contributed by atoms with Gasteiger partial charge in [-0.3, -0.25) is 4.79 Å². The number of alkyl halides is 6. The molecule has 2 heterocycles. The highest BCUT2D eigenvalue weighted by Crippen LogP contribution is 2.44. The second-order valence-corrected chi connectivity index (χ2v) is 10.7. The molecule has 43 heavy (non-hydrogen) atoms. The Morgan fingerprint density at radius 2 is 1.49 bits per heavy atom. The molecule has 0 saturated heterocycles. The number of aromatic nitrogens is 2. The number of hydrogen-bond donors (Lipinski definition) is 2. The Bertz CT molecular complexity index is 1590. The first-order chi connectivity index (χ1) is 20.4. The fraction of sp³-hybridized carbons (Fsp3) is 0.312. The molecular weight excluding hydrogens is 570 g/mol. The maximum absolute atomic E-state index is 14.1. The molecule has 0 spiro atoms. The maximum Gasteiger partial charge on any atom is 0.416 e. The standard InChI is InChI=1S/C32H30F6N4O/c1-3-30(4-2,23-14-8-12-21(16-23)22-13-9-15-24(17-22)31(33,34)35)41-29(43)25-19-39-42-27(32(36,37)38)18-26(40-28(25)42)20-10-6-5-7-11-20/h5-17,19,26-27,40H,3-4,18H2,1-2H3,(H,41,43). The van der Waals surface area contributed by atoms with Crippen LogP contribution in [0.3, 0.4) is 0 Å². The Balaban J connectivity index is 1.49. The summed E-state index contributed by atoms with van der Waals surface area (Å²) < 4.78 is 83.3. The molecule has 2 unspecified atom stereocenters. The maximum atomic E-state index is 14.1. The van der Waals surface area contributed by atoms with Crippen molar-refractivity contribution < 1.29 is 31.1 Å². The lowest BCUT2D eigenvalue weighted by Gasteiger charge is -2.35. The van der Waals surface area contributed by atoms with Crippen LogP contribution in [-0.2, 0) is 11.7 Å². The van der Waals surface area contributed by atoms with Crippen molar-refractivity contribution >= 4 is 11.7 Å². The van der Waals surface area contributed by atoms with Crippen molar-refractivity contribution in [1.29, 1.82) is 0 Å². The topological polar surface area (TPSA) is 59.0 Å². The van der Waals surface area contributed by atoms with Crippen LogP contribution in [-0.4, -0.2) is 21.9 Å². The van der Waals surface area contributed by atoms with Crippen LogP contribution in [0.4, 0.5) is 32.2 Å². The summed E-state index contributed by atoms with van der Waals surface area (Å²) in [4.78, 5) is 13.8. The smallest absolute Gasteiger partial charge is 0.363 e. The molecular formula is C32H30F6N4O. The van der Waals surface area contributed by atoms with Crippen LogP contribution >= 0.6 is 0 Å². The first kappa shape index (κ1) is 30.2. The SMILES string of the molecule is CCC(CC)(NC(=O)c1cnn2c1NC(c1ccccc1)CC2C(F)(F)F)c1cccc(-c2cccc(C(F)(F)F)c2)c1. The normalized spacial score (nSPS) is 17.2. The Labute approximate surface area is 244 Å². The van der Waals surface area contributed by atoms with E-state index in [1.54, 1.807) is 60.7 Å². The highest BCUT2D eigenvalue weighted by molar-refractivity contribution is 5.99. The lowest BCUT2D eigenvalue weighted by atomic mass is 9.83. The summed E-state index contributed by atoms with van der Waals surface area (Å²) in [7, 11) is 0. The highest BCUT2D eigenvalue weighted by atomic mass is 19.4. The molecule has 1 aliphatic heterocycles. The third-order valence-corrected chi connectivity index (χ3v) is 8.18. The number of benzene rings is 3. The van der Waals surface area contributed by atoms with E-state index in [9.17, 15) is 31.1 Å². The molecule has 3 aromatic carbocycles. The zero-order valence-corrected chi connectivity index (χ0v) is 23.4. The molecule has 4 aromatic rings. The zero-order chi connectivity index (χ0) is 31.0. The van der Waals surface area contributed by atoms with Crippen LogP contribution in [0.5, 0.6) is 0 Å². The number of halogens is 6. The van der Waals surface area contributed by atoms with Gasteiger partial charge in [0.25, 0.3) is 5.91 Å². The predicted octanol–water partition coefficient (Wildman–Crippen LogP) is 8.67. The minimum Gasteiger partial charge on any atom is -0.363 e. The summed E-state index contributed by atoms with van der Waals surface area (Å²) in [5.74, 6) is -0.643. The molecule has 2 atom stereocenters. The van der Waals surface area contributed by atoms with Crippen LogP contribution in [0.2, 0.25) is 0 Å². The fourth-order valence-electron chi connectivity index (χ4n) is 5.70. The van der Waals surface area contributed by atoms with Gasteiger partial charge in [-0.15, -0.1) is 0 Å². The van der Waals surface area contributed by atoms with E-state index in [0.29, 0.717) is 35.1 Å². The summed E-state index contributed by atoms with van der Waals surface area (Å²) in [6.45, 7) is 3.72. The molecule has 2 N–H and O–H groups in total. The van der Waals surface area contributed by atoms with Crippen molar-refractivity contribution in [2.75, 3.05) is 5.32 Å². The summed E-state index contributed by atoms with van der Waals surface area (Å²) >= 11 is 0. The lowest BCUT2D eigenvalue weighted by molar-refractivity contribution is -0.173. The van der Waals surface area contributed by atoms with E-state index in [1.807, 2.05) is 13.8 Å². The van der Waals surface area contributed by atoms with E-state index >= 15 is 0 Å². The van der Waals surface area contributed by atoms with Crippen molar-refractivity contribution in [2.24, 2.45) is 0 Å². The van der Waals surface area contributed by atoms with Gasteiger partial charge < -0.3 is 10.6 Å². The Morgan fingerprint density at radius 3 is 2.07 bits per heavy atom. The van der Waals surface area contributed by atoms with Gasteiger partial charge in [0.2, 0.25) is 0 Å². The number of anilines is 1. The summed E-state index contributed by atoms with van der Waals surface area (Å²) in [6, 6.07) is 18.0. The molecule has 11 heteroatoms. The molecule has 0 aliphatic carbocycles. The van der Waals surface area contributed by atoms with Gasteiger partial charge in [-0.2, -0.15) is 31.4 Å². The molecule has 1 amide bonds. The van der Waals surface area contributed by atoms with E-state index in [-0.39, 0.29) is 17.8 Å². The van der Waals surface area contributed by atoms with Gasteiger partial charge in [0.1, 0.15) is 11.4 Å². The molecule has 0 radical (unpaired) electrons. The van der Waals surface area contributed by atoms with Crippen molar-refractivity contribution in [3.8, 4) is 11.1 Å². The van der Waals surface area contributed by atoms with Gasteiger partial charge in [-0.25, -0.2) is 4.68 Å². The molecule has 0 saturated carbocycles. The number of rotatable bonds is 7. The fourth-order valence-corrected chi connectivity index (χ4v) is 5.70. The number of carbonyl (C=O) groups is 1. The highest BCUT2D eigenvalue weighted by Gasteiger charge is 2.47. The third-order valence-electron chi connectivity index (χ3n) is 8.18. The minimum atomic E-state index is -4.59. The van der Waals surface area contributed by atoms with Crippen molar-refractivity contribution in [2.45, 2.75) is 63.1 Å². The first-order valence-electron chi connectivity index (χ1n) is 13.9. The molecule has 5 nitrogen and oxygen atoms in total. The first-order valence-corrected chi connectivity index (χ1v) is 13.9. The van der Waals surface area contributed by atoms with Crippen LogP contribution < -0.4 is 10.6 Å². The molecule has 1 aromatic heterocycles. The molecule has 1 aliphatic rings. The number of nitrogens with one attached hydrogen (secondary N) is 2. The molecule has 226 valence electrons. The predicted molar refractivity (Wildman–Crippen MR) is 151 cm³/mol. The minimum absolute atomic E-state index is 0.0289. The Hall–Kier alpha value is -4.28. The van der Waals surface area contributed by atoms with E-state index in [2.05, 4.69) is 15.7 Å². The van der Waals surface area contributed by atoms with Crippen LogP contribution in [0.15, 0.2) is 85.1 Å². The van der Waals surface area contributed by atoms with Crippen LogP contribution in [0.1, 0.15) is 72.2 Å². The zero-order valence-electron chi connectivity index (χ0n) is 23.4. The number of carbonyl (C=O) groups excluding carboxylic acids is 1.